The fourth-order valence-corrected chi connectivity index (χ4v) is 2.28. The van der Waals surface area contributed by atoms with Gasteiger partial charge in [-0.2, -0.15) is 0 Å². The van der Waals surface area contributed by atoms with Gasteiger partial charge < -0.3 is 5.11 Å². The summed E-state index contributed by atoms with van der Waals surface area (Å²) in [5.41, 5.74) is 0. The summed E-state index contributed by atoms with van der Waals surface area (Å²) >= 11 is 5.50. The second-order valence-corrected chi connectivity index (χ2v) is 5.34. The standard InChI is InChI=1S/C10H9ClFNO4S/c11-7-3-4-9(8(12)6-7)18(16,17)13-5-1-2-10(14)15/h1-4,6,13H,5H2,(H,14,15)/b2-1+. The highest BCUT2D eigenvalue weighted by Gasteiger charge is 2.18. The Kier molecular flexibility index (Phi) is 4.83. The van der Waals surface area contributed by atoms with Crippen molar-refractivity contribution >= 4 is 27.6 Å². The van der Waals surface area contributed by atoms with Gasteiger partial charge in [-0.25, -0.2) is 22.3 Å². The van der Waals surface area contributed by atoms with Crippen LogP contribution in [0.1, 0.15) is 0 Å². The summed E-state index contributed by atoms with van der Waals surface area (Å²) in [5.74, 6) is -2.18. The number of rotatable bonds is 5. The summed E-state index contributed by atoms with van der Waals surface area (Å²) in [6.07, 6.45) is 1.87. The van der Waals surface area contributed by atoms with E-state index in [0.717, 1.165) is 24.3 Å². The molecule has 1 rings (SSSR count). The van der Waals surface area contributed by atoms with E-state index in [0.29, 0.717) is 0 Å². The molecule has 18 heavy (non-hydrogen) atoms. The Labute approximate surface area is 108 Å². The van der Waals surface area contributed by atoms with Crippen molar-refractivity contribution in [3.8, 4) is 0 Å². The molecule has 1 aromatic carbocycles. The normalized spacial score (nSPS) is 11.9. The quantitative estimate of drug-likeness (QED) is 0.804. The Morgan fingerprint density at radius 1 is 1.50 bits per heavy atom. The molecule has 0 radical (unpaired) electrons. The highest BCUT2D eigenvalue weighted by atomic mass is 35.5. The van der Waals surface area contributed by atoms with Crippen LogP contribution in [0.25, 0.3) is 0 Å². The molecule has 0 spiro atoms. The third-order valence-corrected chi connectivity index (χ3v) is 3.53. The van der Waals surface area contributed by atoms with Crippen LogP contribution in [-0.2, 0) is 14.8 Å². The molecule has 8 heteroatoms. The molecule has 1 aromatic rings. The molecule has 2 N–H and O–H groups in total. The van der Waals surface area contributed by atoms with Crippen molar-refractivity contribution in [2.75, 3.05) is 6.54 Å². The van der Waals surface area contributed by atoms with Crippen LogP contribution < -0.4 is 4.72 Å². The molecule has 0 aliphatic carbocycles. The average molecular weight is 294 g/mol. The molecule has 0 saturated heterocycles. The van der Waals surface area contributed by atoms with Gasteiger partial charge in [0.2, 0.25) is 10.0 Å². The first-order valence-corrected chi connectivity index (χ1v) is 6.53. The minimum Gasteiger partial charge on any atom is -0.478 e. The lowest BCUT2D eigenvalue weighted by molar-refractivity contribution is -0.131. The van der Waals surface area contributed by atoms with Gasteiger partial charge >= 0.3 is 5.97 Å². The Bertz CT molecular complexity index is 586. The molecule has 0 aromatic heterocycles. The molecule has 98 valence electrons. The summed E-state index contributed by atoms with van der Waals surface area (Å²) in [4.78, 5) is 9.60. The monoisotopic (exact) mass is 293 g/mol. The van der Waals surface area contributed by atoms with Gasteiger partial charge in [0.1, 0.15) is 10.7 Å². The van der Waals surface area contributed by atoms with Crippen molar-refractivity contribution in [2.45, 2.75) is 4.90 Å². The van der Waals surface area contributed by atoms with E-state index >= 15 is 0 Å². The van der Waals surface area contributed by atoms with E-state index in [1.54, 1.807) is 0 Å². The smallest absolute Gasteiger partial charge is 0.328 e. The predicted octanol–water partition coefficient (Wildman–Crippen LogP) is 1.40. The Balaban J connectivity index is 2.84. The summed E-state index contributed by atoms with van der Waals surface area (Å²) in [5, 5.41) is 8.38. The number of carbonyl (C=O) groups is 1. The molecule has 0 fully saturated rings. The topological polar surface area (TPSA) is 83.5 Å². The van der Waals surface area contributed by atoms with E-state index in [-0.39, 0.29) is 11.6 Å². The van der Waals surface area contributed by atoms with Crippen molar-refractivity contribution in [3.05, 3.63) is 41.2 Å². The zero-order chi connectivity index (χ0) is 13.8. The van der Waals surface area contributed by atoms with E-state index < -0.39 is 26.7 Å². The molecule has 0 aliphatic rings. The van der Waals surface area contributed by atoms with Gasteiger partial charge in [-0.05, 0) is 18.2 Å². The second-order valence-electron chi connectivity index (χ2n) is 3.17. The molecule has 0 saturated carbocycles. The number of halogens is 2. The van der Waals surface area contributed by atoms with Crippen LogP contribution in [0.5, 0.6) is 0 Å². The van der Waals surface area contributed by atoms with Crippen LogP contribution >= 0.6 is 11.6 Å². The lowest BCUT2D eigenvalue weighted by atomic mass is 10.3. The largest absolute Gasteiger partial charge is 0.478 e. The SMILES string of the molecule is O=C(O)/C=C/CNS(=O)(=O)c1ccc(Cl)cc1F. The second kappa shape index (κ2) is 5.94. The fourth-order valence-electron chi connectivity index (χ4n) is 1.09. The first-order valence-electron chi connectivity index (χ1n) is 4.67. The van der Waals surface area contributed by atoms with Crippen LogP contribution in [0.3, 0.4) is 0 Å². The van der Waals surface area contributed by atoms with Gasteiger partial charge in [0.25, 0.3) is 0 Å². The molecule has 0 aliphatic heterocycles. The molecule has 0 heterocycles. The maximum atomic E-state index is 13.4. The number of carboxylic acids is 1. The minimum atomic E-state index is -4.03. The van der Waals surface area contributed by atoms with Gasteiger partial charge in [0, 0.05) is 17.6 Å². The van der Waals surface area contributed by atoms with E-state index in [1.165, 1.54) is 6.07 Å². The molecule has 0 atom stereocenters. The van der Waals surface area contributed by atoms with Gasteiger partial charge in [-0.1, -0.05) is 17.7 Å². The van der Waals surface area contributed by atoms with Gasteiger partial charge in [-0.3, -0.25) is 0 Å². The van der Waals surface area contributed by atoms with Crippen LogP contribution in [0.15, 0.2) is 35.2 Å². The summed E-state index contributed by atoms with van der Waals surface area (Å²) in [6.45, 7) is -0.253. The Hall–Kier alpha value is -1.44. The fraction of sp³-hybridized carbons (Fsp3) is 0.100. The number of sulfonamides is 1. The first-order chi connectivity index (χ1) is 8.33. The molecule has 0 amide bonds. The van der Waals surface area contributed by atoms with Crippen molar-refractivity contribution in [1.82, 2.24) is 4.72 Å². The summed E-state index contributed by atoms with van der Waals surface area (Å²) < 4.78 is 38.7. The lowest BCUT2D eigenvalue weighted by Gasteiger charge is -2.05. The average Bonchev–Trinajstić information content (AvgIpc) is 2.23. The molecular formula is C10H9ClFNO4S. The van der Waals surface area contributed by atoms with E-state index in [9.17, 15) is 17.6 Å². The van der Waals surface area contributed by atoms with Crippen molar-refractivity contribution in [2.24, 2.45) is 0 Å². The number of aliphatic carboxylic acids is 1. The third kappa shape index (κ3) is 4.10. The lowest BCUT2D eigenvalue weighted by Crippen LogP contribution is -2.24. The number of hydrogen-bond acceptors (Lipinski definition) is 3. The van der Waals surface area contributed by atoms with E-state index in [1.807, 2.05) is 4.72 Å². The third-order valence-electron chi connectivity index (χ3n) is 1.84. The highest BCUT2D eigenvalue weighted by Crippen LogP contribution is 2.18. The van der Waals surface area contributed by atoms with Gasteiger partial charge in [0.05, 0.1) is 0 Å². The Morgan fingerprint density at radius 3 is 2.72 bits per heavy atom. The first kappa shape index (κ1) is 14.6. The molecular weight excluding hydrogens is 285 g/mol. The maximum Gasteiger partial charge on any atom is 0.328 e. The number of nitrogens with one attached hydrogen (secondary N) is 1. The van der Waals surface area contributed by atoms with E-state index in [4.69, 9.17) is 16.7 Å². The molecule has 5 nitrogen and oxygen atoms in total. The predicted molar refractivity (Wildman–Crippen MR) is 63.4 cm³/mol. The van der Waals surface area contributed by atoms with Gasteiger partial charge in [-0.15, -0.1) is 0 Å². The minimum absolute atomic E-state index is 0.0808. The molecule has 0 unspecified atom stereocenters. The van der Waals surface area contributed by atoms with Crippen molar-refractivity contribution in [3.63, 3.8) is 0 Å². The maximum absolute atomic E-state index is 13.4. The van der Waals surface area contributed by atoms with Crippen molar-refractivity contribution < 1.29 is 22.7 Å². The molecule has 0 bridgehead atoms. The number of benzene rings is 1. The highest BCUT2D eigenvalue weighted by molar-refractivity contribution is 7.89. The van der Waals surface area contributed by atoms with Gasteiger partial charge in [0.15, 0.2) is 0 Å². The number of hydrogen-bond donors (Lipinski definition) is 2. The zero-order valence-corrected chi connectivity index (χ0v) is 10.5. The van der Waals surface area contributed by atoms with Crippen LogP contribution in [-0.4, -0.2) is 26.0 Å². The Morgan fingerprint density at radius 2 is 2.17 bits per heavy atom. The zero-order valence-electron chi connectivity index (χ0n) is 8.93. The summed E-state index contributed by atoms with van der Waals surface area (Å²) in [7, 11) is -4.03. The van der Waals surface area contributed by atoms with Crippen LogP contribution in [0.4, 0.5) is 4.39 Å². The van der Waals surface area contributed by atoms with Crippen molar-refractivity contribution in [1.29, 1.82) is 0 Å². The number of carboxylic acid groups (broad SMARTS) is 1. The van der Waals surface area contributed by atoms with E-state index in [2.05, 4.69) is 0 Å². The summed E-state index contributed by atoms with van der Waals surface area (Å²) in [6, 6.07) is 3.15. The van der Waals surface area contributed by atoms with Crippen LogP contribution in [0.2, 0.25) is 5.02 Å². The van der Waals surface area contributed by atoms with Crippen LogP contribution in [0, 0.1) is 5.82 Å².